The summed E-state index contributed by atoms with van der Waals surface area (Å²) < 4.78 is 0. The summed E-state index contributed by atoms with van der Waals surface area (Å²) in [7, 11) is 0. The Kier molecular flexibility index (Phi) is 206. The second kappa shape index (κ2) is 26.1. The molecule has 0 aromatic rings. The van der Waals surface area contributed by atoms with Crippen molar-refractivity contribution in [3.63, 3.8) is 0 Å². The molecule has 5 heteroatoms. The Morgan fingerprint density at radius 2 is 0.600 bits per heavy atom. The van der Waals surface area contributed by atoms with Crippen molar-refractivity contribution < 1.29 is 111 Å². The molecule has 0 aliphatic rings. The van der Waals surface area contributed by atoms with Crippen LogP contribution in [0.25, 0.3) is 0 Å². The van der Waals surface area contributed by atoms with E-state index in [1.807, 2.05) is 0 Å². The molecule has 0 heterocycles. The summed E-state index contributed by atoms with van der Waals surface area (Å²) in [6, 6.07) is 0. The summed E-state index contributed by atoms with van der Waals surface area (Å²) in [5.41, 5.74) is 0. The number of hydrogen-bond acceptors (Lipinski definition) is 0. The summed E-state index contributed by atoms with van der Waals surface area (Å²) in [6.07, 6.45) is 0. The minimum absolute atomic E-state index is 0. The molecule has 37 valence electrons. The molecular formula is I3Ru2. The Bertz CT molecular complexity index is 4.85. The maximum Gasteiger partial charge on any atom is 3.00 e. The Balaban J connectivity index is 0. The number of hydrogen-bond donors (Lipinski definition) is 0. The van der Waals surface area contributed by atoms with Gasteiger partial charge in [0.05, 0.1) is 0 Å². The van der Waals surface area contributed by atoms with E-state index < -0.39 is 0 Å². The predicted octanol–water partition coefficient (Wildman–Crippen LogP) is -8.99. The molecule has 0 N–H and O–H groups in total. The molecule has 0 aliphatic carbocycles. The van der Waals surface area contributed by atoms with Gasteiger partial charge in [-0.1, -0.05) is 0 Å². The van der Waals surface area contributed by atoms with Gasteiger partial charge in [-0.25, -0.2) is 0 Å². The molecule has 0 nitrogen and oxygen atoms in total. The van der Waals surface area contributed by atoms with E-state index in [1.54, 1.807) is 0 Å². The van der Waals surface area contributed by atoms with E-state index in [-0.39, 0.29) is 111 Å². The molecule has 0 amide bonds. The minimum atomic E-state index is 0. The predicted molar refractivity (Wildman–Crippen MR) is 0 cm³/mol. The van der Waals surface area contributed by atoms with Crippen LogP contribution in [-0.4, -0.2) is 0 Å². The van der Waals surface area contributed by atoms with E-state index >= 15 is 0 Å². The monoisotopic (exact) mass is 585 g/mol. The third-order valence-electron chi connectivity index (χ3n) is 0. The zero-order chi connectivity index (χ0) is 0. The molecule has 0 unspecified atom stereocenters. The average molecular weight is 583 g/mol. The van der Waals surface area contributed by atoms with Crippen molar-refractivity contribution in [1.29, 1.82) is 0 Å². The van der Waals surface area contributed by atoms with E-state index in [4.69, 9.17) is 0 Å². The Morgan fingerprint density at radius 1 is 0.600 bits per heavy atom. The van der Waals surface area contributed by atoms with Gasteiger partial charge in [-0.2, -0.15) is 0 Å². The standard InChI is InChI=1S/3HI.2Ru/h3*1H;;/q;;;;+3/p-3. The largest absolute Gasteiger partial charge is 3.00 e. The maximum absolute atomic E-state index is 0. The van der Waals surface area contributed by atoms with Crippen molar-refractivity contribution in [3.8, 4) is 0 Å². The van der Waals surface area contributed by atoms with Gasteiger partial charge in [-0.15, -0.1) is 0 Å². The fraction of sp³-hybridized carbons (Fsp3) is 0. The Hall–Kier alpha value is 3.44. The smallest absolute Gasteiger partial charge is 1.00 e. The molecule has 5 heavy (non-hydrogen) atoms. The summed E-state index contributed by atoms with van der Waals surface area (Å²) in [4.78, 5) is 0. The quantitative estimate of drug-likeness (QED) is 0.197. The van der Waals surface area contributed by atoms with Gasteiger partial charge in [0.15, 0.2) is 0 Å². The van der Waals surface area contributed by atoms with Gasteiger partial charge in [-0.05, 0) is 0 Å². The van der Waals surface area contributed by atoms with Crippen LogP contribution in [0.2, 0.25) is 0 Å². The first-order chi connectivity index (χ1) is 0. The van der Waals surface area contributed by atoms with Crippen molar-refractivity contribution in [2.24, 2.45) is 0 Å². The molecule has 0 fully saturated rings. The molecule has 1 radical (unpaired) electrons. The topological polar surface area (TPSA) is 0 Å². The zero-order valence-corrected chi connectivity index (χ0v) is 11.8. The third kappa shape index (κ3) is 18.6. The van der Waals surface area contributed by atoms with Gasteiger partial charge in [0.25, 0.3) is 0 Å². The SMILES string of the molecule is [I-].[I-].[I-].[Ru+3].[Ru]. The Morgan fingerprint density at radius 3 is 0.600 bits per heavy atom. The van der Waals surface area contributed by atoms with E-state index in [1.165, 1.54) is 0 Å². The summed E-state index contributed by atoms with van der Waals surface area (Å²) in [5.74, 6) is 0. The molecule has 0 spiro atoms. The van der Waals surface area contributed by atoms with Gasteiger partial charge in [0.1, 0.15) is 0 Å². The van der Waals surface area contributed by atoms with Crippen molar-refractivity contribution >= 4 is 0 Å². The summed E-state index contributed by atoms with van der Waals surface area (Å²) in [6.45, 7) is 0. The van der Waals surface area contributed by atoms with E-state index in [0.29, 0.717) is 0 Å². The van der Waals surface area contributed by atoms with Gasteiger partial charge in [-0.3, -0.25) is 0 Å². The van der Waals surface area contributed by atoms with Crippen LogP contribution in [0, 0.1) is 0 Å². The molecular weight excluding hydrogens is 583 g/mol. The first-order valence-corrected chi connectivity index (χ1v) is 0. The molecule has 0 bridgehead atoms. The van der Waals surface area contributed by atoms with Crippen LogP contribution in [-0.2, 0) is 39.0 Å². The van der Waals surface area contributed by atoms with Crippen molar-refractivity contribution in [3.05, 3.63) is 0 Å². The number of rotatable bonds is 0. The van der Waals surface area contributed by atoms with Gasteiger partial charge in [0, 0.05) is 19.5 Å². The first kappa shape index (κ1) is 39.5. The van der Waals surface area contributed by atoms with E-state index in [2.05, 4.69) is 0 Å². The average Bonchev–Trinajstić information content (AvgIpc) is 0. The van der Waals surface area contributed by atoms with Crippen LogP contribution < -0.4 is 71.9 Å². The molecule has 0 saturated carbocycles. The number of halogens is 3. The molecule has 0 aromatic heterocycles. The molecule has 0 rings (SSSR count). The molecule has 0 aromatic carbocycles. The molecule has 0 atom stereocenters. The fourth-order valence-corrected chi connectivity index (χ4v) is 0. The van der Waals surface area contributed by atoms with Gasteiger partial charge >= 0.3 is 19.5 Å². The molecule has 0 aliphatic heterocycles. The van der Waals surface area contributed by atoms with Crippen molar-refractivity contribution in [2.75, 3.05) is 0 Å². The van der Waals surface area contributed by atoms with E-state index in [9.17, 15) is 0 Å². The summed E-state index contributed by atoms with van der Waals surface area (Å²) >= 11 is 0. The minimum Gasteiger partial charge on any atom is -1.00 e. The maximum atomic E-state index is 0. The van der Waals surface area contributed by atoms with Crippen LogP contribution >= 0.6 is 0 Å². The second-order valence-electron chi connectivity index (χ2n) is 0. The van der Waals surface area contributed by atoms with Crippen molar-refractivity contribution in [1.82, 2.24) is 0 Å². The third-order valence-corrected chi connectivity index (χ3v) is 0. The Labute approximate surface area is 109 Å². The van der Waals surface area contributed by atoms with Crippen LogP contribution in [0.3, 0.4) is 0 Å². The van der Waals surface area contributed by atoms with Crippen LogP contribution in [0.4, 0.5) is 0 Å². The van der Waals surface area contributed by atoms with Gasteiger partial charge in [0.2, 0.25) is 0 Å². The van der Waals surface area contributed by atoms with Crippen molar-refractivity contribution in [2.45, 2.75) is 0 Å². The fourth-order valence-electron chi connectivity index (χ4n) is 0. The van der Waals surface area contributed by atoms with Crippen LogP contribution in [0.5, 0.6) is 0 Å². The molecule has 0 saturated heterocycles. The zero-order valence-electron chi connectivity index (χ0n) is 1.84. The second-order valence-corrected chi connectivity index (χ2v) is 0. The van der Waals surface area contributed by atoms with Crippen LogP contribution in [0.15, 0.2) is 0 Å². The van der Waals surface area contributed by atoms with Gasteiger partial charge < -0.3 is 71.9 Å². The first-order valence-electron chi connectivity index (χ1n) is 0. The van der Waals surface area contributed by atoms with E-state index in [0.717, 1.165) is 0 Å². The van der Waals surface area contributed by atoms with Crippen LogP contribution in [0.1, 0.15) is 0 Å². The summed E-state index contributed by atoms with van der Waals surface area (Å²) in [5, 5.41) is 0. The normalized spacial score (nSPS) is 0.